The smallest absolute Gasteiger partial charge is 0.0862 e. The van der Waals surface area contributed by atoms with E-state index in [2.05, 4.69) is 88.2 Å². The Bertz CT molecular complexity index is 999. The number of aryl methyl sites for hydroxylation is 4. The van der Waals surface area contributed by atoms with Gasteiger partial charge in [0.25, 0.3) is 0 Å². The Kier molecular flexibility index (Phi) is 15.9. The van der Waals surface area contributed by atoms with Crippen LogP contribution in [-0.4, -0.2) is 0 Å². The Balaban J connectivity index is 2.16. The molecular weight excluding hydrogens is 460 g/mol. The summed E-state index contributed by atoms with van der Waals surface area (Å²) in [5.74, 6) is 0. The molecule has 0 heterocycles. The molecule has 2 heteroatoms. The quantitative estimate of drug-likeness (QED) is 0.131. The van der Waals surface area contributed by atoms with E-state index in [0.717, 1.165) is 24.2 Å². The van der Waals surface area contributed by atoms with E-state index in [0.29, 0.717) is 0 Å². The third-order valence-electron chi connectivity index (χ3n) is 7.55. The van der Waals surface area contributed by atoms with Crippen molar-refractivity contribution in [1.29, 1.82) is 0 Å². The molecule has 2 rings (SSSR count). The highest BCUT2D eigenvalue weighted by Gasteiger charge is 2.10. The van der Waals surface area contributed by atoms with Crippen LogP contribution in [0.4, 0.5) is 5.69 Å². The summed E-state index contributed by atoms with van der Waals surface area (Å²) in [6, 6.07) is 11.5. The maximum Gasteiger partial charge on any atom is 0.0862 e. The first-order chi connectivity index (χ1) is 18.5. The van der Waals surface area contributed by atoms with Gasteiger partial charge in [-0.3, -0.25) is 0 Å². The van der Waals surface area contributed by atoms with E-state index in [9.17, 15) is 0 Å². The summed E-state index contributed by atoms with van der Waals surface area (Å²) in [4.78, 5) is 0. The molecule has 2 aromatic rings. The van der Waals surface area contributed by atoms with Crippen LogP contribution in [0.5, 0.6) is 0 Å². The van der Waals surface area contributed by atoms with Gasteiger partial charge in [-0.25, -0.2) is 0 Å². The molecule has 0 saturated carbocycles. The summed E-state index contributed by atoms with van der Waals surface area (Å²) in [6.45, 7) is 13.4. The Morgan fingerprint density at radius 3 is 1.89 bits per heavy atom. The topological polar surface area (TPSA) is 24.7 Å². The second kappa shape index (κ2) is 18.9. The summed E-state index contributed by atoms with van der Waals surface area (Å²) in [6.07, 6.45) is 22.6. The normalized spacial score (nSPS) is 12.1. The lowest BCUT2D eigenvalue weighted by molar-refractivity contribution is 0.607. The zero-order valence-corrected chi connectivity index (χ0v) is 25.7. The fraction of sp³-hybridized carbons (Fsp3) is 0.611. The zero-order valence-electron chi connectivity index (χ0n) is 25.7. The molecule has 0 aliphatic carbocycles. The molecule has 0 fully saturated rings. The average molecular weight is 517 g/mol. The van der Waals surface area contributed by atoms with Crippen molar-refractivity contribution in [3.05, 3.63) is 69.4 Å². The van der Waals surface area contributed by atoms with Crippen molar-refractivity contribution in [2.24, 2.45) is 10.2 Å². The van der Waals surface area contributed by atoms with Crippen molar-refractivity contribution in [1.82, 2.24) is 0 Å². The number of azo groups is 1. The van der Waals surface area contributed by atoms with Gasteiger partial charge in [0.1, 0.15) is 0 Å². The van der Waals surface area contributed by atoms with Crippen LogP contribution in [0, 0.1) is 6.92 Å². The number of allylic oxidation sites excluding steroid dienone is 1. The second-order valence-corrected chi connectivity index (χ2v) is 11.3. The third kappa shape index (κ3) is 12.1. The largest absolute Gasteiger partial charge is 0.155 e. The van der Waals surface area contributed by atoms with Gasteiger partial charge in [0.2, 0.25) is 0 Å². The van der Waals surface area contributed by atoms with Gasteiger partial charge < -0.3 is 0 Å². The van der Waals surface area contributed by atoms with Crippen molar-refractivity contribution in [2.75, 3.05) is 0 Å². The highest BCUT2D eigenvalue weighted by molar-refractivity contribution is 5.57. The zero-order chi connectivity index (χ0) is 27.6. The first-order valence-electron chi connectivity index (χ1n) is 15.9. The standard InChI is InChI=1S/C36H56N2/c1-7-11-14-16-17-18-20-31-23-29(5)24-35(28-31)38-37-30(6)25-32-26-33(21-13-9-3)36(10-4)34(27-32)22-19-15-12-8-2/h23-28H,7-22H2,1-6H3. The molecule has 0 atom stereocenters. The molecule has 0 aliphatic heterocycles. The molecule has 0 spiro atoms. The number of nitrogens with zero attached hydrogens (tertiary/aromatic N) is 2. The van der Waals surface area contributed by atoms with Crippen LogP contribution in [0.1, 0.15) is 145 Å². The molecule has 0 N–H and O–H groups in total. The van der Waals surface area contributed by atoms with Gasteiger partial charge in [-0.15, -0.1) is 0 Å². The minimum Gasteiger partial charge on any atom is -0.155 e. The Hall–Kier alpha value is -2.22. The maximum atomic E-state index is 4.65. The molecule has 2 aromatic carbocycles. The summed E-state index contributed by atoms with van der Waals surface area (Å²) < 4.78 is 0. The van der Waals surface area contributed by atoms with Crippen LogP contribution in [0.15, 0.2) is 46.3 Å². The van der Waals surface area contributed by atoms with Gasteiger partial charge in [0.15, 0.2) is 0 Å². The summed E-state index contributed by atoms with van der Waals surface area (Å²) in [5.41, 5.74) is 10.5. The van der Waals surface area contributed by atoms with Crippen LogP contribution < -0.4 is 0 Å². The molecule has 38 heavy (non-hydrogen) atoms. The molecule has 2 nitrogen and oxygen atoms in total. The van der Waals surface area contributed by atoms with Crippen LogP contribution >= 0.6 is 0 Å². The highest BCUT2D eigenvalue weighted by atomic mass is 15.1. The van der Waals surface area contributed by atoms with E-state index in [1.807, 2.05) is 0 Å². The number of rotatable bonds is 19. The fourth-order valence-electron chi connectivity index (χ4n) is 5.48. The lowest BCUT2D eigenvalue weighted by Gasteiger charge is -2.16. The number of unbranched alkanes of at least 4 members (excludes halogenated alkanes) is 9. The first kappa shape index (κ1) is 32.0. The van der Waals surface area contributed by atoms with Crippen molar-refractivity contribution < 1.29 is 0 Å². The SMILES string of the molecule is CCCCCCCCc1cc(C)cc(N=NC(C)=Cc2cc(CCCC)c(CC)c(CCCCCC)c2)c1. The Morgan fingerprint density at radius 1 is 0.658 bits per heavy atom. The van der Waals surface area contributed by atoms with Crippen LogP contribution in [0.3, 0.4) is 0 Å². The van der Waals surface area contributed by atoms with Crippen LogP contribution in [-0.2, 0) is 25.7 Å². The summed E-state index contributed by atoms with van der Waals surface area (Å²) >= 11 is 0. The molecule has 0 aliphatic rings. The van der Waals surface area contributed by atoms with Crippen molar-refractivity contribution >= 4 is 11.8 Å². The van der Waals surface area contributed by atoms with Crippen molar-refractivity contribution in [3.8, 4) is 0 Å². The van der Waals surface area contributed by atoms with Gasteiger partial charge in [-0.2, -0.15) is 10.2 Å². The molecule has 0 unspecified atom stereocenters. The van der Waals surface area contributed by atoms with Gasteiger partial charge >= 0.3 is 0 Å². The predicted molar refractivity (Wildman–Crippen MR) is 169 cm³/mol. The van der Waals surface area contributed by atoms with E-state index in [1.165, 1.54) is 112 Å². The van der Waals surface area contributed by atoms with Gasteiger partial charge in [-0.1, -0.05) is 104 Å². The van der Waals surface area contributed by atoms with Gasteiger partial charge in [0.05, 0.1) is 11.4 Å². The first-order valence-corrected chi connectivity index (χ1v) is 15.9. The van der Waals surface area contributed by atoms with E-state index in [1.54, 1.807) is 11.1 Å². The monoisotopic (exact) mass is 516 g/mol. The van der Waals surface area contributed by atoms with Crippen LogP contribution in [0.25, 0.3) is 6.08 Å². The Labute approximate surface area is 235 Å². The fourth-order valence-corrected chi connectivity index (χ4v) is 5.48. The minimum atomic E-state index is 0.964. The molecule has 0 radical (unpaired) electrons. The maximum absolute atomic E-state index is 4.65. The number of hydrogen-bond acceptors (Lipinski definition) is 2. The molecule has 0 saturated heterocycles. The lowest BCUT2D eigenvalue weighted by Crippen LogP contribution is -2.02. The number of benzene rings is 2. The third-order valence-corrected chi connectivity index (χ3v) is 7.55. The molecule has 0 aromatic heterocycles. The number of hydrogen-bond donors (Lipinski definition) is 0. The average Bonchev–Trinajstić information content (AvgIpc) is 2.90. The molecule has 0 bridgehead atoms. The minimum absolute atomic E-state index is 0.964. The van der Waals surface area contributed by atoms with Crippen molar-refractivity contribution in [3.63, 3.8) is 0 Å². The second-order valence-electron chi connectivity index (χ2n) is 11.3. The Morgan fingerprint density at radius 2 is 1.24 bits per heavy atom. The molecule has 0 amide bonds. The van der Waals surface area contributed by atoms with Crippen LogP contribution in [0.2, 0.25) is 0 Å². The molecular formula is C36H56N2. The molecule has 210 valence electrons. The highest BCUT2D eigenvalue weighted by Crippen LogP contribution is 2.26. The summed E-state index contributed by atoms with van der Waals surface area (Å²) in [7, 11) is 0. The predicted octanol–water partition coefficient (Wildman–Crippen LogP) is 12.1. The van der Waals surface area contributed by atoms with Gasteiger partial charge in [-0.05, 0) is 110 Å². The van der Waals surface area contributed by atoms with E-state index >= 15 is 0 Å². The summed E-state index contributed by atoms with van der Waals surface area (Å²) in [5, 5.41) is 9.29. The van der Waals surface area contributed by atoms with E-state index in [-0.39, 0.29) is 0 Å². The van der Waals surface area contributed by atoms with E-state index in [4.69, 9.17) is 0 Å². The van der Waals surface area contributed by atoms with E-state index < -0.39 is 0 Å². The lowest BCUT2D eigenvalue weighted by atomic mass is 9.90. The van der Waals surface area contributed by atoms with Gasteiger partial charge in [0, 0.05) is 0 Å². The van der Waals surface area contributed by atoms with Crippen molar-refractivity contribution in [2.45, 2.75) is 144 Å².